The van der Waals surface area contributed by atoms with E-state index in [0.29, 0.717) is 11.7 Å². The highest BCUT2D eigenvalue weighted by Gasteiger charge is 2.30. The SMILES string of the molecule is C=C(C)CC1CCC(=O)C1C. The Morgan fingerprint density at radius 1 is 1.73 bits per heavy atom. The van der Waals surface area contributed by atoms with E-state index < -0.39 is 0 Å². The van der Waals surface area contributed by atoms with Gasteiger partial charge in [0, 0.05) is 12.3 Å². The summed E-state index contributed by atoms with van der Waals surface area (Å²) < 4.78 is 0. The molecule has 0 aliphatic heterocycles. The van der Waals surface area contributed by atoms with Crippen LogP contribution in [0.3, 0.4) is 0 Å². The van der Waals surface area contributed by atoms with Gasteiger partial charge in [-0.05, 0) is 25.7 Å². The van der Waals surface area contributed by atoms with Gasteiger partial charge in [-0.1, -0.05) is 12.5 Å². The van der Waals surface area contributed by atoms with Crippen LogP contribution < -0.4 is 0 Å². The smallest absolute Gasteiger partial charge is 0.135 e. The van der Waals surface area contributed by atoms with Crippen LogP contribution >= 0.6 is 0 Å². The number of hydrogen-bond acceptors (Lipinski definition) is 1. The lowest BCUT2D eigenvalue weighted by molar-refractivity contribution is -0.120. The average Bonchev–Trinajstić information content (AvgIpc) is 2.18. The standard InChI is InChI=1S/C10H16O/c1-7(2)6-9-4-5-10(11)8(9)3/h8-9H,1,4-6H2,2-3H3. The molecule has 0 bridgehead atoms. The zero-order valence-electron chi connectivity index (χ0n) is 7.39. The van der Waals surface area contributed by atoms with E-state index in [1.54, 1.807) is 0 Å². The highest BCUT2D eigenvalue weighted by molar-refractivity contribution is 5.83. The molecule has 1 aliphatic carbocycles. The van der Waals surface area contributed by atoms with Gasteiger partial charge in [-0.15, -0.1) is 6.58 Å². The van der Waals surface area contributed by atoms with E-state index in [0.717, 1.165) is 19.3 Å². The molecule has 2 atom stereocenters. The third-order valence-electron chi connectivity index (χ3n) is 2.59. The molecular weight excluding hydrogens is 136 g/mol. The number of carbonyl (C=O) groups is 1. The summed E-state index contributed by atoms with van der Waals surface area (Å²) in [4.78, 5) is 11.1. The Kier molecular flexibility index (Phi) is 2.48. The molecule has 0 radical (unpaired) electrons. The Labute approximate surface area is 68.5 Å². The van der Waals surface area contributed by atoms with Crippen molar-refractivity contribution >= 4 is 5.78 Å². The molecule has 1 heteroatoms. The quantitative estimate of drug-likeness (QED) is 0.556. The van der Waals surface area contributed by atoms with E-state index in [2.05, 4.69) is 6.58 Å². The summed E-state index contributed by atoms with van der Waals surface area (Å²) >= 11 is 0. The fraction of sp³-hybridized carbons (Fsp3) is 0.700. The Balaban J connectivity index is 2.48. The maximum atomic E-state index is 11.1. The van der Waals surface area contributed by atoms with Crippen molar-refractivity contribution in [3.05, 3.63) is 12.2 Å². The predicted octanol–water partition coefficient (Wildman–Crippen LogP) is 2.57. The van der Waals surface area contributed by atoms with Crippen molar-refractivity contribution in [3.8, 4) is 0 Å². The van der Waals surface area contributed by atoms with Gasteiger partial charge in [0.1, 0.15) is 5.78 Å². The Morgan fingerprint density at radius 3 is 2.73 bits per heavy atom. The number of hydrogen-bond donors (Lipinski definition) is 0. The molecule has 1 fully saturated rings. The number of rotatable bonds is 2. The average molecular weight is 152 g/mol. The first-order valence-electron chi connectivity index (χ1n) is 4.28. The lowest BCUT2D eigenvalue weighted by atomic mass is 9.92. The summed E-state index contributed by atoms with van der Waals surface area (Å²) in [6, 6.07) is 0. The highest BCUT2D eigenvalue weighted by Crippen LogP contribution is 2.32. The molecule has 0 heterocycles. The molecule has 0 aromatic carbocycles. The van der Waals surface area contributed by atoms with E-state index in [1.807, 2.05) is 13.8 Å². The number of allylic oxidation sites excluding steroid dienone is 1. The summed E-state index contributed by atoms with van der Waals surface area (Å²) in [7, 11) is 0. The molecule has 1 rings (SSSR count). The molecule has 11 heavy (non-hydrogen) atoms. The van der Waals surface area contributed by atoms with Gasteiger partial charge in [-0.25, -0.2) is 0 Å². The first kappa shape index (κ1) is 8.51. The molecule has 0 N–H and O–H groups in total. The summed E-state index contributed by atoms with van der Waals surface area (Å²) in [5.74, 6) is 1.31. The van der Waals surface area contributed by atoms with Gasteiger partial charge in [0.25, 0.3) is 0 Å². The van der Waals surface area contributed by atoms with E-state index in [-0.39, 0.29) is 5.92 Å². The molecule has 0 aromatic heterocycles. The summed E-state index contributed by atoms with van der Waals surface area (Å²) in [6.45, 7) is 7.95. The molecule has 0 spiro atoms. The van der Waals surface area contributed by atoms with Crippen LogP contribution in [0.5, 0.6) is 0 Å². The molecule has 0 aromatic rings. The van der Waals surface area contributed by atoms with Crippen molar-refractivity contribution in [3.63, 3.8) is 0 Å². The van der Waals surface area contributed by atoms with Gasteiger partial charge in [0.15, 0.2) is 0 Å². The van der Waals surface area contributed by atoms with Gasteiger partial charge >= 0.3 is 0 Å². The van der Waals surface area contributed by atoms with Gasteiger partial charge in [0.2, 0.25) is 0 Å². The monoisotopic (exact) mass is 152 g/mol. The Bertz CT molecular complexity index is 181. The Morgan fingerprint density at radius 2 is 2.36 bits per heavy atom. The molecule has 1 saturated carbocycles. The number of Topliss-reactive ketones (excluding diaryl/α,β-unsaturated/α-hetero) is 1. The third kappa shape index (κ3) is 1.92. The van der Waals surface area contributed by atoms with Crippen LogP contribution in [0.2, 0.25) is 0 Å². The molecule has 2 unspecified atom stereocenters. The van der Waals surface area contributed by atoms with Crippen LogP contribution in [-0.4, -0.2) is 5.78 Å². The van der Waals surface area contributed by atoms with Crippen LogP contribution in [0.1, 0.15) is 33.1 Å². The van der Waals surface area contributed by atoms with Crippen molar-refractivity contribution < 1.29 is 4.79 Å². The second-order valence-corrected chi connectivity index (χ2v) is 3.71. The van der Waals surface area contributed by atoms with E-state index in [1.165, 1.54) is 5.57 Å². The molecule has 1 nitrogen and oxygen atoms in total. The lowest BCUT2D eigenvalue weighted by Crippen LogP contribution is -2.10. The number of carbonyl (C=O) groups excluding carboxylic acids is 1. The van der Waals surface area contributed by atoms with Crippen molar-refractivity contribution in [1.29, 1.82) is 0 Å². The molecule has 0 amide bonds. The maximum Gasteiger partial charge on any atom is 0.135 e. The van der Waals surface area contributed by atoms with E-state index >= 15 is 0 Å². The van der Waals surface area contributed by atoms with Crippen molar-refractivity contribution in [2.75, 3.05) is 0 Å². The van der Waals surface area contributed by atoms with Crippen LogP contribution in [0.15, 0.2) is 12.2 Å². The van der Waals surface area contributed by atoms with Gasteiger partial charge in [0.05, 0.1) is 0 Å². The van der Waals surface area contributed by atoms with Gasteiger partial charge in [-0.3, -0.25) is 4.79 Å². The number of ketones is 1. The fourth-order valence-electron chi connectivity index (χ4n) is 1.79. The first-order chi connectivity index (χ1) is 5.11. The highest BCUT2D eigenvalue weighted by atomic mass is 16.1. The zero-order chi connectivity index (χ0) is 8.43. The summed E-state index contributed by atoms with van der Waals surface area (Å²) in [6.07, 6.45) is 2.90. The minimum absolute atomic E-state index is 0.284. The van der Waals surface area contributed by atoms with E-state index in [4.69, 9.17) is 0 Å². The minimum atomic E-state index is 0.284. The largest absolute Gasteiger partial charge is 0.299 e. The second kappa shape index (κ2) is 3.21. The van der Waals surface area contributed by atoms with Crippen molar-refractivity contribution in [1.82, 2.24) is 0 Å². The fourth-order valence-corrected chi connectivity index (χ4v) is 1.79. The van der Waals surface area contributed by atoms with Crippen LogP contribution in [0, 0.1) is 11.8 Å². The van der Waals surface area contributed by atoms with Crippen molar-refractivity contribution in [2.24, 2.45) is 11.8 Å². The van der Waals surface area contributed by atoms with E-state index in [9.17, 15) is 4.79 Å². The zero-order valence-corrected chi connectivity index (χ0v) is 7.39. The third-order valence-corrected chi connectivity index (χ3v) is 2.59. The molecule has 62 valence electrons. The van der Waals surface area contributed by atoms with Crippen LogP contribution in [-0.2, 0) is 4.79 Å². The van der Waals surface area contributed by atoms with Crippen LogP contribution in [0.4, 0.5) is 0 Å². The Hall–Kier alpha value is -0.590. The van der Waals surface area contributed by atoms with Gasteiger partial charge in [-0.2, -0.15) is 0 Å². The lowest BCUT2D eigenvalue weighted by Gasteiger charge is -2.12. The predicted molar refractivity (Wildman–Crippen MR) is 46.3 cm³/mol. The maximum absolute atomic E-state index is 11.1. The van der Waals surface area contributed by atoms with Crippen LogP contribution in [0.25, 0.3) is 0 Å². The second-order valence-electron chi connectivity index (χ2n) is 3.71. The minimum Gasteiger partial charge on any atom is -0.299 e. The topological polar surface area (TPSA) is 17.1 Å². The summed E-state index contributed by atoms with van der Waals surface area (Å²) in [5, 5.41) is 0. The van der Waals surface area contributed by atoms with Crippen molar-refractivity contribution in [2.45, 2.75) is 33.1 Å². The summed E-state index contributed by atoms with van der Waals surface area (Å²) in [5.41, 5.74) is 1.21. The van der Waals surface area contributed by atoms with Gasteiger partial charge < -0.3 is 0 Å². The molecule has 0 saturated heterocycles. The normalized spacial score (nSPS) is 30.9. The molecular formula is C10H16O. The molecule has 1 aliphatic rings. The first-order valence-corrected chi connectivity index (χ1v) is 4.28.